The molecule has 1 aliphatic heterocycles. The molecule has 3 heteroatoms. The van der Waals surface area contributed by atoms with Gasteiger partial charge in [-0.2, -0.15) is 0 Å². The van der Waals surface area contributed by atoms with Crippen LogP contribution in [0.15, 0.2) is 12.5 Å². The van der Waals surface area contributed by atoms with Crippen LogP contribution in [-0.4, -0.2) is 22.6 Å². The molecule has 1 N–H and O–H groups in total. The molecular weight excluding hydrogens is 222 g/mol. The summed E-state index contributed by atoms with van der Waals surface area (Å²) >= 11 is 0. The van der Waals surface area contributed by atoms with Gasteiger partial charge in [0.2, 0.25) is 0 Å². The molecule has 0 atom stereocenters. The molecular formula is C15H27N3. The molecule has 0 bridgehead atoms. The van der Waals surface area contributed by atoms with Crippen LogP contribution in [0.25, 0.3) is 0 Å². The van der Waals surface area contributed by atoms with Gasteiger partial charge in [-0.1, -0.05) is 27.7 Å². The van der Waals surface area contributed by atoms with Crippen molar-refractivity contribution in [3.05, 3.63) is 18.2 Å². The Morgan fingerprint density at radius 3 is 2.61 bits per heavy atom. The summed E-state index contributed by atoms with van der Waals surface area (Å²) in [6, 6.07) is 0. The number of aromatic nitrogens is 2. The van der Waals surface area contributed by atoms with Crippen molar-refractivity contribution in [3.63, 3.8) is 0 Å². The van der Waals surface area contributed by atoms with Crippen LogP contribution >= 0.6 is 0 Å². The highest BCUT2D eigenvalue weighted by molar-refractivity contribution is 5.02. The monoisotopic (exact) mass is 249 g/mol. The highest BCUT2D eigenvalue weighted by Gasteiger charge is 2.28. The Bertz CT molecular complexity index is 381. The number of rotatable bonds is 3. The fourth-order valence-corrected chi connectivity index (χ4v) is 2.78. The third-order valence-electron chi connectivity index (χ3n) is 3.87. The molecule has 1 aliphatic rings. The number of hydrogen-bond acceptors (Lipinski definition) is 2. The first-order valence-electron chi connectivity index (χ1n) is 7.08. The maximum atomic E-state index is 4.35. The summed E-state index contributed by atoms with van der Waals surface area (Å²) in [6.45, 7) is 12.7. The van der Waals surface area contributed by atoms with Crippen LogP contribution in [0, 0.1) is 10.8 Å². The number of imidazole rings is 1. The van der Waals surface area contributed by atoms with Crippen LogP contribution in [-0.2, 0) is 13.0 Å². The maximum Gasteiger partial charge on any atom is 0.0948 e. The summed E-state index contributed by atoms with van der Waals surface area (Å²) in [5.41, 5.74) is 2.13. The maximum absolute atomic E-state index is 4.35. The van der Waals surface area contributed by atoms with Crippen LogP contribution in [0.3, 0.4) is 0 Å². The van der Waals surface area contributed by atoms with Gasteiger partial charge in [-0.25, -0.2) is 4.98 Å². The number of piperidine rings is 1. The Morgan fingerprint density at radius 2 is 2.00 bits per heavy atom. The van der Waals surface area contributed by atoms with E-state index in [-0.39, 0.29) is 0 Å². The number of hydrogen-bond donors (Lipinski definition) is 1. The predicted octanol–water partition coefficient (Wildman–Crippen LogP) is 2.86. The van der Waals surface area contributed by atoms with Gasteiger partial charge in [0.05, 0.1) is 6.33 Å². The fraction of sp³-hybridized carbons (Fsp3) is 0.800. The van der Waals surface area contributed by atoms with E-state index in [9.17, 15) is 0 Å². The molecule has 0 amide bonds. The van der Waals surface area contributed by atoms with Crippen LogP contribution in [0.1, 0.15) is 46.2 Å². The van der Waals surface area contributed by atoms with Crippen LogP contribution in [0.2, 0.25) is 0 Å². The third-order valence-corrected chi connectivity index (χ3v) is 3.87. The zero-order valence-electron chi connectivity index (χ0n) is 12.3. The highest BCUT2D eigenvalue weighted by Crippen LogP contribution is 2.31. The summed E-state index contributed by atoms with van der Waals surface area (Å²) in [5, 5.41) is 3.45. The molecule has 102 valence electrons. The molecule has 3 nitrogen and oxygen atoms in total. The second kappa shape index (κ2) is 5.04. The second-order valence-corrected chi connectivity index (χ2v) is 7.31. The van der Waals surface area contributed by atoms with E-state index in [1.807, 2.05) is 12.5 Å². The van der Waals surface area contributed by atoms with Crippen molar-refractivity contribution >= 4 is 0 Å². The molecule has 0 unspecified atom stereocenters. The van der Waals surface area contributed by atoms with E-state index in [4.69, 9.17) is 0 Å². The molecule has 0 spiro atoms. The van der Waals surface area contributed by atoms with E-state index in [1.165, 1.54) is 18.5 Å². The van der Waals surface area contributed by atoms with Crippen molar-refractivity contribution < 1.29 is 0 Å². The van der Waals surface area contributed by atoms with E-state index in [0.29, 0.717) is 10.8 Å². The van der Waals surface area contributed by atoms with E-state index < -0.39 is 0 Å². The minimum atomic E-state index is 0.326. The molecule has 18 heavy (non-hydrogen) atoms. The second-order valence-electron chi connectivity index (χ2n) is 7.31. The summed E-state index contributed by atoms with van der Waals surface area (Å²) in [6.07, 6.45) is 7.67. The molecule has 2 rings (SSSR count). The van der Waals surface area contributed by atoms with Crippen molar-refractivity contribution in [1.82, 2.24) is 14.9 Å². The van der Waals surface area contributed by atoms with E-state index in [2.05, 4.69) is 42.6 Å². The van der Waals surface area contributed by atoms with Gasteiger partial charge in [-0.05, 0) is 43.2 Å². The van der Waals surface area contributed by atoms with Gasteiger partial charge in [0, 0.05) is 18.4 Å². The minimum Gasteiger partial charge on any atom is -0.334 e. The first-order chi connectivity index (χ1) is 8.38. The van der Waals surface area contributed by atoms with Gasteiger partial charge in [0.1, 0.15) is 0 Å². The van der Waals surface area contributed by atoms with Gasteiger partial charge < -0.3 is 9.88 Å². The predicted molar refractivity (Wildman–Crippen MR) is 75.6 cm³/mol. The van der Waals surface area contributed by atoms with E-state index >= 15 is 0 Å². The minimum absolute atomic E-state index is 0.326. The van der Waals surface area contributed by atoms with Crippen LogP contribution in [0.5, 0.6) is 0 Å². The molecule has 0 aromatic carbocycles. The lowest BCUT2D eigenvalue weighted by Gasteiger charge is -2.35. The fourth-order valence-electron chi connectivity index (χ4n) is 2.78. The lowest BCUT2D eigenvalue weighted by Crippen LogP contribution is -2.37. The summed E-state index contributed by atoms with van der Waals surface area (Å²) in [4.78, 5) is 4.35. The smallest absolute Gasteiger partial charge is 0.0948 e. The van der Waals surface area contributed by atoms with Crippen molar-refractivity contribution in [1.29, 1.82) is 0 Å². The topological polar surface area (TPSA) is 29.9 Å². The average Bonchev–Trinajstić information content (AvgIpc) is 2.63. The van der Waals surface area contributed by atoms with Gasteiger partial charge in [-0.15, -0.1) is 0 Å². The Kier molecular flexibility index (Phi) is 3.81. The summed E-state index contributed by atoms with van der Waals surface area (Å²) in [5.74, 6) is 0. The van der Waals surface area contributed by atoms with Gasteiger partial charge >= 0.3 is 0 Å². The summed E-state index contributed by atoms with van der Waals surface area (Å²) in [7, 11) is 0. The first-order valence-corrected chi connectivity index (χ1v) is 7.08. The lowest BCUT2D eigenvalue weighted by molar-refractivity contribution is 0.191. The van der Waals surface area contributed by atoms with Crippen LogP contribution < -0.4 is 5.32 Å². The number of nitrogens with zero attached hydrogens (tertiary/aromatic N) is 2. The average molecular weight is 249 g/mol. The van der Waals surface area contributed by atoms with Crippen molar-refractivity contribution in [3.8, 4) is 0 Å². The third kappa shape index (κ3) is 3.58. The highest BCUT2D eigenvalue weighted by atomic mass is 15.1. The Labute approximate surface area is 111 Å². The molecule has 1 fully saturated rings. The Hall–Kier alpha value is -0.830. The molecule has 1 saturated heterocycles. The van der Waals surface area contributed by atoms with Crippen LogP contribution in [0.4, 0.5) is 0 Å². The summed E-state index contributed by atoms with van der Waals surface area (Å²) < 4.78 is 2.37. The molecule has 1 aromatic rings. The Morgan fingerprint density at radius 1 is 1.33 bits per heavy atom. The lowest BCUT2D eigenvalue weighted by atomic mass is 9.80. The van der Waals surface area contributed by atoms with Gasteiger partial charge in [-0.3, -0.25) is 0 Å². The van der Waals surface area contributed by atoms with Crippen molar-refractivity contribution in [2.24, 2.45) is 10.8 Å². The van der Waals surface area contributed by atoms with Gasteiger partial charge in [0.15, 0.2) is 0 Å². The quantitative estimate of drug-likeness (QED) is 0.892. The van der Waals surface area contributed by atoms with E-state index in [1.54, 1.807) is 0 Å². The Balaban J connectivity index is 2.07. The number of nitrogens with one attached hydrogen (secondary N) is 1. The SMILES string of the molecule is CC(C)(C)Cc1cncn1CC1(C)CCNCC1. The van der Waals surface area contributed by atoms with Gasteiger partial charge in [0.25, 0.3) is 0 Å². The van der Waals surface area contributed by atoms with Crippen molar-refractivity contribution in [2.75, 3.05) is 13.1 Å². The zero-order chi connectivity index (χ0) is 13.2. The first kappa shape index (κ1) is 13.6. The molecule has 2 heterocycles. The molecule has 0 aliphatic carbocycles. The zero-order valence-corrected chi connectivity index (χ0v) is 12.3. The molecule has 0 saturated carbocycles. The van der Waals surface area contributed by atoms with Crippen molar-refractivity contribution in [2.45, 2.75) is 53.5 Å². The largest absolute Gasteiger partial charge is 0.334 e. The molecule has 0 radical (unpaired) electrons. The standard InChI is InChI=1S/C15H27N3/c1-14(2,3)9-13-10-17-12-18(13)11-15(4)5-7-16-8-6-15/h10,12,16H,5-9,11H2,1-4H3. The molecule has 1 aromatic heterocycles. The van der Waals surface area contributed by atoms with E-state index in [0.717, 1.165) is 26.1 Å². The normalized spacial score (nSPS) is 20.0.